The third kappa shape index (κ3) is 7.14. The lowest BCUT2D eigenvalue weighted by atomic mass is 10.1. The Morgan fingerprint density at radius 2 is 1.82 bits per heavy atom. The number of carbonyl (C=O) groups is 1. The number of hydrogen-bond acceptors (Lipinski definition) is 9. The second kappa shape index (κ2) is 14.0. The van der Waals surface area contributed by atoms with Gasteiger partial charge in [0.25, 0.3) is 5.91 Å². The zero-order valence-electron chi connectivity index (χ0n) is 23.8. The molecule has 0 fully saturated rings. The molecule has 44 heavy (non-hydrogen) atoms. The number of carbonyl (C=O) groups excluding carboxylic acids is 1. The third-order valence-corrected chi connectivity index (χ3v) is 7.77. The van der Waals surface area contributed by atoms with Gasteiger partial charge in [0.15, 0.2) is 5.75 Å². The highest BCUT2D eigenvalue weighted by Gasteiger charge is 2.21. The third-order valence-electron chi connectivity index (χ3n) is 6.38. The molecule has 10 nitrogen and oxygen atoms in total. The van der Waals surface area contributed by atoms with Crippen molar-refractivity contribution in [3.8, 4) is 16.9 Å². The van der Waals surface area contributed by atoms with E-state index in [1.54, 1.807) is 74.3 Å². The SMILES string of the molecule is CCOc1ccc(NC(=O)c2ccc(Cl)cc2)cc1[S+]([O-])Nc1cncc(-c2ccc3ncc(/C(C=N)=C/NC)nc3c2)c1. The van der Waals surface area contributed by atoms with Crippen molar-refractivity contribution in [3.05, 3.63) is 108 Å². The highest BCUT2D eigenvalue weighted by Crippen LogP contribution is 2.31. The van der Waals surface area contributed by atoms with E-state index in [-0.39, 0.29) is 5.91 Å². The van der Waals surface area contributed by atoms with Crippen LogP contribution in [0.1, 0.15) is 23.0 Å². The molecule has 0 radical (unpaired) electrons. The van der Waals surface area contributed by atoms with Crippen molar-refractivity contribution in [3.63, 3.8) is 0 Å². The van der Waals surface area contributed by atoms with Crippen LogP contribution in [0.2, 0.25) is 5.02 Å². The number of hydrogen-bond donors (Lipinski definition) is 4. The van der Waals surface area contributed by atoms with Crippen LogP contribution in [-0.2, 0) is 11.4 Å². The van der Waals surface area contributed by atoms with Crippen LogP contribution in [0.25, 0.3) is 27.7 Å². The first kappa shape index (κ1) is 30.5. The number of rotatable bonds is 11. The minimum absolute atomic E-state index is 0.327. The van der Waals surface area contributed by atoms with E-state index in [9.17, 15) is 9.35 Å². The molecule has 0 spiro atoms. The Kier molecular flexibility index (Phi) is 9.70. The molecule has 222 valence electrons. The molecule has 0 aliphatic carbocycles. The summed E-state index contributed by atoms with van der Waals surface area (Å²) in [7, 11) is 1.76. The first-order valence-corrected chi connectivity index (χ1v) is 15.0. The Morgan fingerprint density at radius 1 is 1.00 bits per heavy atom. The van der Waals surface area contributed by atoms with E-state index < -0.39 is 11.4 Å². The second-order valence-corrected chi connectivity index (χ2v) is 11.0. The van der Waals surface area contributed by atoms with Gasteiger partial charge in [0.05, 0.1) is 35.7 Å². The van der Waals surface area contributed by atoms with Crippen LogP contribution in [0.15, 0.2) is 96.4 Å². The molecule has 3 aromatic carbocycles. The van der Waals surface area contributed by atoms with Crippen LogP contribution in [0, 0.1) is 5.41 Å². The topological polar surface area (TPSA) is 148 Å². The maximum atomic E-state index is 13.6. The van der Waals surface area contributed by atoms with E-state index in [0.29, 0.717) is 61.5 Å². The predicted octanol–water partition coefficient (Wildman–Crippen LogP) is 6.34. The van der Waals surface area contributed by atoms with E-state index in [0.717, 1.165) is 11.1 Å². The van der Waals surface area contributed by atoms with Crippen molar-refractivity contribution in [1.82, 2.24) is 20.3 Å². The Hall–Kier alpha value is -4.97. The van der Waals surface area contributed by atoms with E-state index in [2.05, 4.69) is 30.3 Å². The number of ether oxygens (including phenoxy) is 1. The highest BCUT2D eigenvalue weighted by atomic mass is 35.5. The summed E-state index contributed by atoms with van der Waals surface area (Å²) in [5, 5.41) is 14.0. The molecule has 1 atom stereocenters. The van der Waals surface area contributed by atoms with Crippen molar-refractivity contribution in [2.24, 2.45) is 0 Å². The zero-order valence-corrected chi connectivity index (χ0v) is 25.4. The highest BCUT2D eigenvalue weighted by molar-refractivity contribution is 7.92. The molecule has 2 aromatic heterocycles. The van der Waals surface area contributed by atoms with Crippen molar-refractivity contribution in [2.45, 2.75) is 11.8 Å². The summed E-state index contributed by atoms with van der Waals surface area (Å²) in [5.74, 6) is 0.0965. The number of anilines is 2. The molecule has 5 aromatic rings. The first-order valence-electron chi connectivity index (χ1n) is 13.5. The number of allylic oxidation sites excluding steroid dienone is 1. The Labute approximate surface area is 262 Å². The zero-order chi connectivity index (χ0) is 31.1. The fourth-order valence-electron chi connectivity index (χ4n) is 4.30. The fourth-order valence-corrected chi connectivity index (χ4v) is 5.41. The first-order chi connectivity index (χ1) is 21.4. The molecule has 5 rings (SSSR count). The molecule has 0 saturated heterocycles. The Bertz CT molecular complexity index is 1850. The van der Waals surface area contributed by atoms with Gasteiger partial charge in [-0.1, -0.05) is 17.7 Å². The summed E-state index contributed by atoms with van der Waals surface area (Å²) in [5.41, 5.74) is 5.55. The number of nitrogens with zero attached hydrogens (tertiary/aromatic N) is 3. The lowest BCUT2D eigenvalue weighted by Crippen LogP contribution is -2.16. The van der Waals surface area contributed by atoms with Crippen LogP contribution in [0.5, 0.6) is 5.75 Å². The molecule has 1 amide bonds. The van der Waals surface area contributed by atoms with Gasteiger partial charge in [0.1, 0.15) is 17.0 Å². The monoisotopic (exact) mass is 625 g/mol. The minimum atomic E-state index is -1.76. The normalized spacial score (nSPS) is 12.0. The second-order valence-electron chi connectivity index (χ2n) is 9.38. The quantitative estimate of drug-likeness (QED) is 0.0981. The molecule has 0 bridgehead atoms. The predicted molar refractivity (Wildman–Crippen MR) is 176 cm³/mol. The van der Waals surface area contributed by atoms with E-state index in [1.807, 2.05) is 31.2 Å². The summed E-state index contributed by atoms with van der Waals surface area (Å²) < 4.78 is 22.3. The molecule has 2 heterocycles. The van der Waals surface area contributed by atoms with E-state index in [4.69, 9.17) is 21.7 Å². The number of benzene rings is 3. The average Bonchev–Trinajstić information content (AvgIpc) is 3.04. The van der Waals surface area contributed by atoms with Gasteiger partial charge in [-0.25, -0.2) is 9.71 Å². The summed E-state index contributed by atoms with van der Waals surface area (Å²) in [6.45, 7) is 2.21. The summed E-state index contributed by atoms with van der Waals surface area (Å²) in [4.78, 5) is 26.6. The number of pyridine rings is 1. The van der Waals surface area contributed by atoms with Gasteiger partial charge in [-0.2, -0.15) is 0 Å². The van der Waals surface area contributed by atoms with Gasteiger partial charge in [0.2, 0.25) is 4.90 Å². The van der Waals surface area contributed by atoms with Gasteiger partial charge in [0, 0.05) is 59.1 Å². The van der Waals surface area contributed by atoms with Crippen molar-refractivity contribution >= 4 is 63.1 Å². The number of fused-ring (bicyclic) bond motifs is 1. The van der Waals surface area contributed by atoms with Crippen LogP contribution < -0.4 is 20.1 Å². The smallest absolute Gasteiger partial charge is 0.255 e. The van der Waals surface area contributed by atoms with Gasteiger partial charge in [-0.05, 0) is 67.1 Å². The largest absolute Gasteiger partial charge is 0.588 e. The maximum Gasteiger partial charge on any atom is 0.255 e. The van der Waals surface area contributed by atoms with Crippen molar-refractivity contribution in [1.29, 1.82) is 5.41 Å². The Balaban J connectivity index is 1.39. The molecule has 1 unspecified atom stereocenters. The minimum Gasteiger partial charge on any atom is -0.588 e. The lowest BCUT2D eigenvalue weighted by Gasteiger charge is -2.16. The Morgan fingerprint density at radius 3 is 2.57 bits per heavy atom. The fraction of sp³-hybridized carbons (Fsp3) is 0.0938. The van der Waals surface area contributed by atoms with Gasteiger partial charge in [-0.15, -0.1) is 0 Å². The van der Waals surface area contributed by atoms with Gasteiger partial charge in [-0.3, -0.25) is 14.8 Å². The maximum absolute atomic E-state index is 13.6. The molecule has 0 aliphatic heterocycles. The molecule has 0 saturated carbocycles. The van der Waals surface area contributed by atoms with Crippen molar-refractivity contribution < 1.29 is 14.1 Å². The molecule has 0 aliphatic rings. The van der Waals surface area contributed by atoms with Crippen molar-refractivity contribution in [2.75, 3.05) is 23.7 Å². The van der Waals surface area contributed by atoms with Crippen LogP contribution in [0.3, 0.4) is 0 Å². The summed E-state index contributed by atoms with van der Waals surface area (Å²) in [6, 6.07) is 19.0. The number of amides is 1. The molecular formula is C32H28ClN7O3S. The number of halogens is 1. The number of aromatic nitrogens is 3. The molecular weight excluding hydrogens is 598 g/mol. The van der Waals surface area contributed by atoms with E-state index in [1.165, 1.54) is 6.21 Å². The van der Waals surface area contributed by atoms with Gasteiger partial charge < -0.3 is 25.3 Å². The molecule has 12 heteroatoms. The van der Waals surface area contributed by atoms with Crippen LogP contribution in [-0.4, -0.2) is 45.3 Å². The lowest BCUT2D eigenvalue weighted by molar-refractivity contribution is 0.102. The average molecular weight is 626 g/mol. The number of nitrogens with one attached hydrogen (secondary N) is 4. The standard InChI is InChI=1S/C32H28ClN7O3S/c1-3-43-30-11-9-25(38-32(41)20-4-7-24(33)8-5-20)14-31(30)44(42)40-26-12-22(17-36-18-26)21-6-10-27-28(13-21)39-29(19-37-27)23(15-34)16-35-2/h4-19,34-35,40H,3H2,1-2H3,(H,38,41)/b23-16+,34-15?. The van der Waals surface area contributed by atoms with Crippen LogP contribution in [0.4, 0.5) is 11.4 Å². The molecule has 4 N–H and O–H groups in total. The van der Waals surface area contributed by atoms with E-state index >= 15 is 0 Å². The summed E-state index contributed by atoms with van der Waals surface area (Å²) >= 11 is 4.18. The summed E-state index contributed by atoms with van der Waals surface area (Å²) in [6.07, 6.45) is 7.81. The van der Waals surface area contributed by atoms with Gasteiger partial charge >= 0.3 is 0 Å². The van der Waals surface area contributed by atoms with Crippen LogP contribution >= 0.6 is 11.6 Å².